The number of hydrogen-bond donors (Lipinski definition) is 0. The van der Waals surface area contributed by atoms with Gasteiger partial charge in [-0.1, -0.05) is 36.8 Å². The van der Waals surface area contributed by atoms with Crippen LogP contribution in [-0.2, 0) is 10.8 Å². The summed E-state index contributed by atoms with van der Waals surface area (Å²) in [6, 6.07) is 9.51. The highest BCUT2D eigenvalue weighted by molar-refractivity contribution is 6.76. The first-order valence-corrected chi connectivity index (χ1v) is 11.0. The van der Waals surface area contributed by atoms with Crippen LogP contribution in [0, 0.1) is 5.82 Å². The quantitative estimate of drug-likeness (QED) is 0.746. The van der Waals surface area contributed by atoms with Gasteiger partial charge in [0.25, 0.3) is 0 Å². The molecular formula is C16H26FNOSi. The Kier molecular flexibility index (Phi) is 5.75. The van der Waals surface area contributed by atoms with Gasteiger partial charge in [0.2, 0.25) is 0 Å². The summed E-state index contributed by atoms with van der Waals surface area (Å²) in [6.45, 7) is 10.0. The van der Waals surface area contributed by atoms with Gasteiger partial charge in [-0.05, 0) is 31.1 Å². The summed E-state index contributed by atoms with van der Waals surface area (Å²) in [6.07, 6.45) is 1.28. The lowest BCUT2D eigenvalue weighted by Crippen LogP contribution is -2.38. The zero-order valence-electron chi connectivity index (χ0n) is 12.7. The van der Waals surface area contributed by atoms with E-state index in [9.17, 15) is 4.39 Å². The third-order valence-electron chi connectivity index (χ3n) is 4.03. The van der Waals surface area contributed by atoms with Gasteiger partial charge in [0.15, 0.2) is 0 Å². The Balaban J connectivity index is 1.73. The molecule has 0 aromatic heterocycles. The lowest BCUT2D eigenvalue weighted by molar-refractivity contribution is 0.0379. The van der Waals surface area contributed by atoms with Crippen LogP contribution >= 0.6 is 0 Å². The van der Waals surface area contributed by atoms with Crippen molar-refractivity contribution in [2.75, 3.05) is 32.8 Å². The maximum Gasteiger partial charge on any atom is 0.123 e. The lowest BCUT2D eigenvalue weighted by Gasteiger charge is -2.28. The molecule has 1 aliphatic rings. The topological polar surface area (TPSA) is 12.5 Å². The van der Waals surface area contributed by atoms with Crippen LogP contribution in [0.5, 0.6) is 0 Å². The third-order valence-corrected chi connectivity index (χ3v) is 7.10. The number of benzene rings is 1. The van der Waals surface area contributed by atoms with Gasteiger partial charge in [0.1, 0.15) is 5.82 Å². The van der Waals surface area contributed by atoms with Crippen molar-refractivity contribution in [3.05, 3.63) is 35.6 Å². The first kappa shape index (κ1) is 15.7. The van der Waals surface area contributed by atoms with Gasteiger partial charge in [-0.25, -0.2) is 4.39 Å². The molecule has 1 fully saturated rings. The van der Waals surface area contributed by atoms with Crippen LogP contribution in [0.4, 0.5) is 4.39 Å². The molecule has 20 heavy (non-hydrogen) atoms. The van der Waals surface area contributed by atoms with Gasteiger partial charge >= 0.3 is 0 Å². The van der Waals surface area contributed by atoms with E-state index in [0.717, 1.165) is 32.3 Å². The van der Waals surface area contributed by atoms with Gasteiger partial charge in [-0.3, -0.25) is 4.90 Å². The second kappa shape index (κ2) is 7.34. The fourth-order valence-corrected chi connectivity index (χ4v) is 5.48. The number of morpholine rings is 1. The first-order chi connectivity index (χ1) is 9.55. The Hall–Kier alpha value is -0.713. The van der Waals surface area contributed by atoms with Crippen LogP contribution in [0.3, 0.4) is 0 Å². The molecule has 0 saturated carbocycles. The molecule has 1 aromatic carbocycles. The van der Waals surface area contributed by atoms with Crippen molar-refractivity contribution >= 4 is 8.07 Å². The summed E-state index contributed by atoms with van der Waals surface area (Å²) >= 11 is 0. The number of halogens is 1. The molecule has 0 bridgehead atoms. The normalized spacial score (nSPS) is 17.4. The SMILES string of the molecule is C[Si](C)(CCCN1CCOCC1)Cc1ccc(F)cc1. The molecule has 0 N–H and O–H groups in total. The Morgan fingerprint density at radius 1 is 1.15 bits per heavy atom. The summed E-state index contributed by atoms with van der Waals surface area (Å²) in [5.41, 5.74) is 1.29. The highest BCUT2D eigenvalue weighted by Gasteiger charge is 2.21. The van der Waals surface area contributed by atoms with Crippen LogP contribution < -0.4 is 0 Å². The minimum atomic E-state index is -1.23. The highest BCUT2D eigenvalue weighted by atomic mass is 28.3. The summed E-state index contributed by atoms with van der Waals surface area (Å²) in [7, 11) is -1.23. The van der Waals surface area contributed by atoms with Crippen molar-refractivity contribution < 1.29 is 9.13 Å². The number of rotatable bonds is 6. The molecule has 2 nitrogen and oxygen atoms in total. The summed E-state index contributed by atoms with van der Waals surface area (Å²) in [5.74, 6) is -0.138. The lowest BCUT2D eigenvalue weighted by atomic mass is 10.2. The molecule has 0 aliphatic carbocycles. The van der Waals surface area contributed by atoms with Gasteiger partial charge in [-0.2, -0.15) is 0 Å². The Morgan fingerprint density at radius 2 is 1.80 bits per heavy atom. The predicted octanol–water partition coefficient (Wildman–Crippen LogP) is 3.34. The van der Waals surface area contributed by atoms with E-state index >= 15 is 0 Å². The standard InChI is InChI=1S/C16H26FNOSi/c1-20(2,14-15-4-6-16(17)7-5-15)13-3-8-18-9-11-19-12-10-18/h4-7H,3,8-14H2,1-2H3. The van der Waals surface area contributed by atoms with Crippen molar-refractivity contribution in [3.63, 3.8) is 0 Å². The summed E-state index contributed by atoms with van der Waals surface area (Å²) in [5, 5.41) is 0. The number of nitrogens with zero attached hydrogens (tertiary/aromatic N) is 1. The highest BCUT2D eigenvalue weighted by Crippen LogP contribution is 2.19. The van der Waals surface area contributed by atoms with E-state index < -0.39 is 8.07 Å². The molecule has 1 aromatic rings. The average molecular weight is 295 g/mol. The minimum Gasteiger partial charge on any atom is -0.379 e. The molecular weight excluding hydrogens is 269 g/mol. The van der Waals surface area contributed by atoms with E-state index in [2.05, 4.69) is 18.0 Å². The largest absolute Gasteiger partial charge is 0.379 e. The molecule has 1 heterocycles. The van der Waals surface area contributed by atoms with E-state index in [1.54, 1.807) is 12.1 Å². The Bertz CT molecular complexity index is 401. The minimum absolute atomic E-state index is 0.138. The molecule has 1 saturated heterocycles. The van der Waals surface area contributed by atoms with Crippen molar-refractivity contribution in [1.29, 1.82) is 0 Å². The van der Waals surface area contributed by atoms with E-state index in [-0.39, 0.29) is 5.82 Å². The van der Waals surface area contributed by atoms with Gasteiger partial charge in [0, 0.05) is 13.1 Å². The fourth-order valence-electron chi connectivity index (χ4n) is 2.85. The van der Waals surface area contributed by atoms with E-state index in [4.69, 9.17) is 4.74 Å². The fraction of sp³-hybridized carbons (Fsp3) is 0.625. The summed E-state index contributed by atoms with van der Waals surface area (Å²) < 4.78 is 18.3. The van der Waals surface area contributed by atoms with Crippen LogP contribution in [0.2, 0.25) is 19.1 Å². The van der Waals surface area contributed by atoms with Crippen molar-refractivity contribution in [3.8, 4) is 0 Å². The second-order valence-corrected chi connectivity index (χ2v) is 11.7. The maximum atomic E-state index is 12.9. The molecule has 1 aliphatic heterocycles. The van der Waals surface area contributed by atoms with E-state index in [1.807, 2.05) is 12.1 Å². The van der Waals surface area contributed by atoms with Crippen LogP contribution in [0.15, 0.2) is 24.3 Å². The second-order valence-electron chi connectivity index (χ2n) is 6.53. The summed E-state index contributed by atoms with van der Waals surface area (Å²) in [4.78, 5) is 2.51. The Morgan fingerprint density at radius 3 is 2.45 bits per heavy atom. The van der Waals surface area contributed by atoms with Gasteiger partial charge in [-0.15, -0.1) is 0 Å². The number of ether oxygens (including phenoxy) is 1. The first-order valence-electron chi connectivity index (χ1n) is 7.60. The predicted molar refractivity (Wildman–Crippen MR) is 84.3 cm³/mol. The van der Waals surface area contributed by atoms with Gasteiger partial charge in [0.05, 0.1) is 21.3 Å². The molecule has 0 unspecified atom stereocenters. The average Bonchev–Trinajstić information content (AvgIpc) is 2.42. The third kappa shape index (κ3) is 5.35. The number of hydrogen-bond acceptors (Lipinski definition) is 2. The molecule has 0 amide bonds. The molecule has 112 valence electrons. The monoisotopic (exact) mass is 295 g/mol. The molecule has 0 spiro atoms. The smallest absolute Gasteiger partial charge is 0.123 e. The van der Waals surface area contributed by atoms with Crippen molar-refractivity contribution in [1.82, 2.24) is 4.90 Å². The zero-order valence-corrected chi connectivity index (χ0v) is 13.7. The van der Waals surface area contributed by atoms with Crippen molar-refractivity contribution in [2.24, 2.45) is 0 Å². The molecule has 2 rings (SSSR count). The molecule has 0 radical (unpaired) electrons. The van der Waals surface area contributed by atoms with E-state index in [0.29, 0.717) is 0 Å². The van der Waals surface area contributed by atoms with Gasteiger partial charge < -0.3 is 4.74 Å². The molecule has 4 heteroatoms. The molecule has 0 atom stereocenters. The van der Waals surface area contributed by atoms with Crippen LogP contribution in [-0.4, -0.2) is 45.8 Å². The zero-order chi connectivity index (χ0) is 14.4. The van der Waals surface area contributed by atoms with Crippen LogP contribution in [0.25, 0.3) is 0 Å². The van der Waals surface area contributed by atoms with Crippen LogP contribution in [0.1, 0.15) is 12.0 Å². The van der Waals surface area contributed by atoms with Crippen molar-refractivity contribution in [2.45, 2.75) is 31.6 Å². The van der Waals surface area contributed by atoms with E-state index in [1.165, 1.54) is 24.6 Å². The Labute approximate surface area is 122 Å². The maximum absolute atomic E-state index is 12.9.